The molecule has 126 valence electrons. The molecular weight excluding hydrogens is 310 g/mol. The van der Waals surface area contributed by atoms with Gasteiger partial charge in [0.15, 0.2) is 6.04 Å². The van der Waals surface area contributed by atoms with Crippen LogP contribution in [0.15, 0.2) is 54.6 Å². The Morgan fingerprint density at radius 2 is 1.75 bits per heavy atom. The summed E-state index contributed by atoms with van der Waals surface area (Å²) in [6.07, 6.45) is 0. The van der Waals surface area contributed by atoms with Crippen LogP contribution in [0.1, 0.15) is 22.7 Å². The number of rotatable bonds is 7. The van der Waals surface area contributed by atoms with Crippen LogP contribution >= 0.6 is 0 Å². The van der Waals surface area contributed by atoms with Crippen LogP contribution in [-0.2, 0) is 10.7 Å². The van der Waals surface area contributed by atoms with Crippen molar-refractivity contribution >= 4 is 0 Å². The van der Waals surface area contributed by atoms with Gasteiger partial charge in [0.25, 0.3) is 0 Å². The highest BCUT2D eigenvalue weighted by Crippen LogP contribution is 2.33. The molecule has 0 saturated carbocycles. The van der Waals surface area contributed by atoms with Crippen LogP contribution < -0.4 is 5.32 Å². The summed E-state index contributed by atoms with van der Waals surface area (Å²) in [6.45, 7) is 2.01. The van der Waals surface area contributed by atoms with E-state index in [0.29, 0.717) is 0 Å². The Bertz CT molecular complexity index is 681. The van der Waals surface area contributed by atoms with Crippen LogP contribution in [0.3, 0.4) is 0 Å². The Hall–Kier alpha value is -2.29. The van der Waals surface area contributed by atoms with Gasteiger partial charge in [0, 0.05) is 12.7 Å². The number of ether oxygens (including phenoxy) is 1. The molecule has 2 aromatic carbocycles. The van der Waals surface area contributed by atoms with Crippen LogP contribution in [0.25, 0.3) is 0 Å². The van der Waals surface area contributed by atoms with Crippen molar-refractivity contribution in [2.24, 2.45) is 0 Å². The van der Waals surface area contributed by atoms with E-state index < -0.39 is 18.0 Å². The second-order valence-electron chi connectivity index (χ2n) is 5.64. The summed E-state index contributed by atoms with van der Waals surface area (Å²) in [6, 6.07) is 14.6. The maximum absolute atomic E-state index is 14.7. The second-order valence-corrected chi connectivity index (χ2v) is 5.64. The van der Waals surface area contributed by atoms with Gasteiger partial charge in [-0.1, -0.05) is 60.2 Å². The first-order valence-corrected chi connectivity index (χ1v) is 7.63. The molecule has 5 heteroatoms. The van der Waals surface area contributed by atoms with Crippen molar-refractivity contribution in [2.45, 2.75) is 24.9 Å². The number of halogens is 2. The third-order valence-electron chi connectivity index (χ3n) is 3.83. The molecule has 24 heavy (non-hydrogen) atoms. The van der Waals surface area contributed by atoms with Crippen molar-refractivity contribution in [3.05, 3.63) is 71.3 Å². The first kappa shape index (κ1) is 18.1. The van der Waals surface area contributed by atoms with Crippen molar-refractivity contribution in [3.8, 4) is 6.07 Å². The fourth-order valence-electron chi connectivity index (χ4n) is 2.46. The van der Waals surface area contributed by atoms with E-state index in [9.17, 15) is 14.0 Å². The Balaban J connectivity index is 2.25. The molecule has 0 aliphatic rings. The summed E-state index contributed by atoms with van der Waals surface area (Å²) < 4.78 is 34.6. The third-order valence-corrected chi connectivity index (χ3v) is 3.83. The van der Waals surface area contributed by atoms with Crippen molar-refractivity contribution in [2.75, 3.05) is 13.7 Å². The molecule has 1 N–H and O–H groups in total. The standard InChI is InChI=1S/C19H20F2N2O/c1-14-8-10-16(11-9-14)19(20,21)18(12-22)23-17(13-24-2)15-6-4-3-5-7-15/h3-11,17-18,23H,13H2,1-2H3. The molecule has 0 amide bonds. The third kappa shape index (κ3) is 4.16. The molecule has 0 bridgehead atoms. The van der Waals surface area contributed by atoms with Gasteiger partial charge in [-0.2, -0.15) is 14.0 Å². The molecule has 0 heterocycles. The van der Waals surface area contributed by atoms with Crippen LogP contribution in [0.4, 0.5) is 8.78 Å². The summed E-state index contributed by atoms with van der Waals surface area (Å²) in [5.74, 6) is -3.32. The van der Waals surface area contributed by atoms with Gasteiger partial charge < -0.3 is 4.74 Å². The number of nitrogens with one attached hydrogen (secondary N) is 1. The highest BCUT2D eigenvalue weighted by Gasteiger charge is 2.42. The summed E-state index contributed by atoms with van der Waals surface area (Å²) in [7, 11) is 1.50. The lowest BCUT2D eigenvalue weighted by atomic mass is 9.98. The summed E-state index contributed by atoms with van der Waals surface area (Å²) in [5, 5.41) is 12.0. The molecule has 0 radical (unpaired) electrons. The summed E-state index contributed by atoms with van der Waals surface area (Å²) in [4.78, 5) is 0. The zero-order valence-electron chi connectivity index (χ0n) is 13.7. The minimum Gasteiger partial charge on any atom is -0.383 e. The van der Waals surface area contributed by atoms with Crippen LogP contribution in [0.5, 0.6) is 0 Å². The van der Waals surface area contributed by atoms with Crippen molar-refractivity contribution in [1.29, 1.82) is 5.26 Å². The van der Waals surface area contributed by atoms with Crippen LogP contribution in [0, 0.1) is 18.3 Å². The van der Waals surface area contributed by atoms with E-state index in [1.54, 1.807) is 18.2 Å². The highest BCUT2D eigenvalue weighted by molar-refractivity contribution is 5.29. The average Bonchev–Trinajstić information content (AvgIpc) is 2.59. The van der Waals surface area contributed by atoms with Crippen molar-refractivity contribution < 1.29 is 13.5 Å². The van der Waals surface area contributed by atoms with E-state index in [4.69, 9.17) is 4.74 Å². The first-order valence-electron chi connectivity index (χ1n) is 7.63. The fourth-order valence-corrected chi connectivity index (χ4v) is 2.46. The number of methoxy groups -OCH3 is 1. The maximum atomic E-state index is 14.7. The van der Waals surface area contributed by atoms with Gasteiger partial charge in [0.05, 0.1) is 18.7 Å². The van der Waals surface area contributed by atoms with Gasteiger partial charge in [-0.3, -0.25) is 5.32 Å². The molecular formula is C19H20F2N2O. The molecule has 0 aromatic heterocycles. The normalized spacial score (nSPS) is 14.0. The molecule has 2 unspecified atom stereocenters. The molecule has 2 aromatic rings. The molecule has 0 aliphatic carbocycles. The predicted octanol–water partition coefficient (Wildman–Crippen LogP) is 3.96. The number of aryl methyl sites for hydroxylation is 1. The quantitative estimate of drug-likeness (QED) is 0.836. The van der Waals surface area contributed by atoms with Gasteiger partial charge in [-0.15, -0.1) is 0 Å². The predicted molar refractivity (Wildman–Crippen MR) is 88.7 cm³/mol. The smallest absolute Gasteiger partial charge is 0.301 e. The lowest BCUT2D eigenvalue weighted by Crippen LogP contribution is -2.45. The Kier molecular flexibility index (Phi) is 6.02. The van der Waals surface area contributed by atoms with E-state index >= 15 is 0 Å². The lowest BCUT2D eigenvalue weighted by molar-refractivity contribution is -0.0317. The number of nitrogens with zero attached hydrogens (tertiary/aromatic N) is 1. The molecule has 0 fully saturated rings. The van der Waals surface area contributed by atoms with Gasteiger partial charge in [0.2, 0.25) is 0 Å². The minimum atomic E-state index is -3.32. The number of nitriles is 1. The van der Waals surface area contributed by atoms with Gasteiger partial charge in [0.1, 0.15) is 0 Å². The van der Waals surface area contributed by atoms with E-state index in [0.717, 1.165) is 11.1 Å². The first-order chi connectivity index (χ1) is 11.5. The molecule has 2 atom stereocenters. The lowest BCUT2D eigenvalue weighted by Gasteiger charge is -2.27. The highest BCUT2D eigenvalue weighted by atomic mass is 19.3. The Morgan fingerprint density at radius 1 is 1.12 bits per heavy atom. The Labute approximate surface area is 140 Å². The van der Waals surface area contributed by atoms with Gasteiger partial charge in [-0.25, -0.2) is 0 Å². The largest absolute Gasteiger partial charge is 0.383 e. The monoisotopic (exact) mass is 330 g/mol. The van der Waals surface area contributed by atoms with E-state index in [1.807, 2.05) is 37.3 Å². The summed E-state index contributed by atoms with van der Waals surface area (Å²) >= 11 is 0. The number of benzene rings is 2. The minimum absolute atomic E-state index is 0.184. The van der Waals surface area contributed by atoms with E-state index in [1.165, 1.54) is 19.2 Å². The van der Waals surface area contributed by atoms with Crippen molar-refractivity contribution in [3.63, 3.8) is 0 Å². The average molecular weight is 330 g/mol. The Morgan fingerprint density at radius 3 is 2.29 bits per heavy atom. The van der Waals surface area contributed by atoms with Gasteiger partial charge in [-0.05, 0) is 12.5 Å². The maximum Gasteiger partial charge on any atom is 0.301 e. The zero-order valence-corrected chi connectivity index (χ0v) is 13.7. The molecule has 2 rings (SSSR count). The number of hydrogen-bond acceptors (Lipinski definition) is 3. The summed E-state index contributed by atoms with van der Waals surface area (Å²) in [5.41, 5.74) is 1.49. The number of hydrogen-bond donors (Lipinski definition) is 1. The van der Waals surface area contributed by atoms with E-state index in [-0.39, 0.29) is 12.2 Å². The van der Waals surface area contributed by atoms with Crippen molar-refractivity contribution in [1.82, 2.24) is 5.32 Å². The van der Waals surface area contributed by atoms with Crippen LogP contribution in [-0.4, -0.2) is 19.8 Å². The molecule has 0 saturated heterocycles. The zero-order chi connectivity index (χ0) is 17.6. The molecule has 3 nitrogen and oxygen atoms in total. The topological polar surface area (TPSA) is 45.0 Å². The van der Waals surface area contributed by atoms with Gasteiger partial charge >= 0.3 is 5.92 Å². The van der Waals surface area contributed by atoms with E-state index in [2.05, 4.69) is 5.32 Å². The SMILES string of the molecule is COCC(NC(C#N)C(F)(F)c1ccc(C)cc1)c1ccccc1. The second kappa shape index (κ2) is 8.00. The fraction of sp³-hybridized carbons (Fsp3) is 0.316. The number of alkyl halides is 2. The van der Waals surface area contributed by atoms with Crippen LogP contribution in [0.2, 0.25) is 0 Å². The molecule has 0 spiro atoms. The molecule has 0 aliphatic heterocycles.